The lowest BCUT2D eigenvalue weighted by atomic mass is 10.0. The normalized spacial score (nSPS) is 13.0. The fourth-order valence-corrected chi connectivity index (χ4v) is 8.47. The number of carbonyl (C=O) groups is 3. The van der Waals surface area contributed by atoms with E-state index in [1.807, 2.05) is 0 Å². The molecule has 77 heavy (non-hydrogen) atoms. The van der Waals surface area contributed by atoms with Crippen molar-refractivity contribution in [3.8, 4) is 0 Å². The molecule has 0 aliphatic rings. The van der Waals surface area contributed by atoms with Crippen LogP contribution in [0.4, 0.5) is 0 Å². The molecular formula is C71H116O6. The number of hydrogen-bond donors (Lipinski definition) is 0. The van der Waals surface area contributed by atoms with Crippen molar-refractivity contribution in [1.29, 1.82) is 0 Å². The highest BCUT2D eigenvalue weighted by Crippen LogP contribution is 2.16. The Balaban J connectivity index is 4.43. The van der Waals surface area contributed by atoms with E-state index >= 15 is 0 Å². The molecule has 0 aromatic carbocycles. The van der Waals surface area contributed by atoms with Gasteiger partial charge in [-0.25, -0.2) is 0 Å². The molecule has 0 N–H and O–H groups in total. The van der Waals surface area contributed by atoms with Gasteiger partial charge < -0.3 is 14.2 Å². The van der Waals surface area contributed by atoms with Crippen LogP contribution in [0.5, 0.6) is 0 Å². The second kappa shape index (κ2) is 64.1. The van der Waals surface area contributed by atoms with Crippen LogP contribution < -0.4 is 0 Å². The van der Waals surface area contributed by atoms with Gasteiger partial charge in [0.15, 0.2) is 6.10 Å². The molecule has 0 aromatic rings. The van der Waals surface area contributed by atoms with Crippen molar-refractivity contribution in [2.75, 3.05) is 13.2 Å². The topological polar surface area (TPSA) is 78.9 Å². The Morgan fingerprint density at radius 2 is 0.506 bits per heavy atom. The van der Waals surface area contributed by atoms with E-state index in [9.17, 15) is 14.4 Å². The van der Waals surface area contributed by atoms with Crippen LogP contribution >= 0.6 is 0 Å². The van der Waals surface area contributed by atoms with Gasteiger partial charge in [-0.05, 0) is 116 Å². The third-order valence-electron chi connectivity index (χ3n) is 13.2. The van der Waals surface area contributed by atoms with Crippen LogP contribution in [0, 0.1) is 0 Å². The van der Waals surface area contributed by atoms with Crippen molar-refractivity contribution in [3.63, 3.8) is 0 Å². The quantitative estimate of drug-likeness (QED) is 0.0261. The van der Waals surface area contributed by atoms with Crippen LogP contribution in [-0.2, 0) is 28.6 Å². The van der Waals surface area contributed by atoms with E-state index in [0.29, 0.717) is 19.3 Å². The minimum atomic E-state index is -0.807. The molecule has 1 unspecified atom stereocenters. The third-order valence-corrected chi connectivity index (χ3v) is 13.2. The highest BCUT2D eigenvalue weighted by molar-refractivity contribution is 5.71. The fourth-order valence-electron chi connectivity index (χ4n) is 8.47. The maximum atomic E-state index is 12.9. The predicted molar refractivity (Wildman–Crippen MR) is 334 cm³/mol. The van der Waals surface area contributed by atoms with Gasteiger partial charge >= 0.3 is 17.9 Å². The lowest BCUT2D eigenvalue weighted by Gasteiger charge is -2.18. The Hall–Kier alpha value is -4.45. The van der Waals surface area contributed by atoms with Gasteiger partial charge in [-0.2, -0.15) is 0 Å². The van der Waals surface area contributed by atoms with E-state index in [-0.39, 0.29) is 31.1 Å². The number of esters is 3. The molecule has 0 fully saturated rings. The standard InChI is InChI=1S/C71H116O6/c1-4-7-10-13-16-19-22-25-28-30-31-32-33-34-35-36-37-38-39-41-43-46-49-52-55-58-61-64-70(73)76-67-68(66-75-69(72)63-60-57-54-51-48-45-42-27-24-21-18-15-12-9-6-3)77-71(74)65-62-59-56-53-50-47-44-40-29-26-23-20-17-14-11-8-5-2/h7,9-10,12,16,18-19,21,25,27-28,31-32,34-35,37-38,41-43,48,51,68H,4-6,8,11,13-15,17,20,22-24,26,29-30,33,36,39-40,44-47,49-50,52-67H2,1-3H3/b10-7-,12-9-,19-16-,21-18-,28-25-,32-31-,35-34-,38-37-,42-27-,43-41-,51-48-. The molecule has 0 saturated heterocycles. The van der Waals surface area contributed by atoms with Crippen LogP contribution in [0.3, 0.4) is 0 Å². The van der Waals surface area contributed by atoms with Crippen molar-refractivity contribution in [3.05, 3.63) is 134 Å². The number of ether oxygens (including phenoxy) is 3. The highest BCUT2D eigenvalue weighted by Gasteiger charge is 2.19. The van der Waals surface area contributed by atoms with Crippen LogP contribution in [-0.4, -0.2) is 37.2 Å². The van der Waals surface area contributed by atoms with Gasteiger partial charge in [-0.15, -0.1) is 0 Å². The summed E-state index contributed by atoms with van der Waals surface area (Å²) in [5, 5.41) is 0. The average molecular weight is 1070 g/mol. The van der Waals surface area contributed by atoms with Crippen molar-refractivity contribution in [2.45, 2.75) is 284 Å². The van der Waals surface area contributed by atoms with Gasteiger partial charge in [0.1, 0.15) is 13.2 Å². The highest BCUT2D eigenvalue weighted by atomic mass is 16.6. The van der Waals surface area contributed by atoms with Crippen LogP contribution in [0.1, 0.15) is 278 Å². The van der Waals surface area contributed by atoms with Crippen molar-refractivity contribution < 1.29 is 28.6 Å². The van der Waals surface area contributed by atoms with E-state index < -0.39 is 6.10 Å². The summed E-state index contributed by atoms with van der Waals surface area (Å²) in [5.41, 5.74) is 0. The summed E-state index contributed by atoms with van der Waals surface area (Å²) in [4.78, 5) is 38.3. The predicted octanol–water partition coefficient (Wildman–Crippen LogP) is 21.8. The second-order valence-electron chi connectivity index (χ2n) is 20.6. The summed E-state index contributed by atoms with van der Waals surface area (Å²) in [5.74, 6) is -0.959. The van der Waals surface area contributed by atoms with Gasteiger partial charge in [0.2, 0.25) is 0 Å². The van der Waals surface area contributed by atoms with Crippen molar-refractivity contribution in [1.82, 2.24) is 0 Å². The third kappa shape index (κ3) is 62.3. The van der Waals surface area contributed by atoms with E-state index in [1.165, 1.54) is 89.9 Å². The monoisotopic (exact) mass is 1060 g/mol. The minimum Gasteiger partial charge on any atom is -0.462 e. The molecule has 0 spiro atoms. The molecule has 0 bridgehead atoms. The molecule has 0 aliphatic carbocycles. The molecule has 1 atom stereocenters. The molecule has 436 valence electrons. The summed E-state index contributed by atoms with van der Waals surface area (Å²) in [6.45, 7) is 6.37. The Kier molecular flexibility index (Phi) is 60.4. The first kappa shape index (κ1) is 72.5. The molecule has 0 rings (SSSR count). The maximum Gasteiger partial charge on any atom is 0.306 e. The maximum absolute atomic E-state index is 12.9. The Labute approximate surface area is 475 Å². The zero-order valence-electron chi connectivity index (χ0n) is 49.9. The Bertz CT molecular complexity index is 1650. The summed E-state index contributed by atoms with van der Waals surface area (Å²) in [6, 6.07) is 0. The van der Waals surface area contributed by atoms with E-state index in [4.69, 9.17) is 14.2 Å². The Morgan fingerprint density at radius 1 is 0.273 bits per heavy atom. The van der Waals surface area contributed by atoms with Crippen LogP contribution in [0.25, 0.3) is 0 Å². The van der Waals surface area contributed by atoms with E-state index in [2.05, 4.69) is 154 Å². The first-order valence-corrected chi connectivity index (χ1v) is 31.7. The molecule has 0 aromatic heterocycles. The lowest BCUT2D eigenvalue weighted by molar-refractivity contribution is -0.167. The second-order valence-corrected chi connectivity index (χ2v) is 20.6. The SMILES string of the molecule is CC/C=C\C/C=C\C/C=C\C/C=C\C/C=C\C/C=C\C/C=C\CCCCCCCC(=O)OCC(COC(=O)CCCC/C=C\C/C=C\C/C=C\C/C=C\CC)OC(=O)CCCCCCCCCCCCCCCCCCC. The minimum absolute atomic E-state index is 0.104. The summed E-state index contributed by atoms with van der Waals surface area (Å²) in [6.07, 6.45) is 90.3. The molecule has 0 aliphatic heterocycles. The molecule has 0 heterocycles. The molecule has 0 radical (unpaired) electrons. The van der Waals surface area contributed by atoms with Crippen LogP contribution in [0.2, 0.25) is 0 Å². The lowest BCUT2D eigenvalue weighted by Crippen LogP contribution is -2.30. The smallest absolute Gasteiger partial charge is 0.306 e. The molecule has 0 saturated carbocycles. The largest absolute Gasteiger partial charge is 0.462 e. The molecule has 6 heteroatoms. The van der Waals surface area contributed by atoms with Gasteiger partial charge in [0.05, 0.1) is 0 Å². The molecular weight excluding hydrogens is 949 g/mol. The Morgan fingerprint density at radius 3 is 0.818 bits per heavy atom. The number of allylic oxidation sites excluding steroid dienone is 22. The number of unbranched alkanes of at least 4 members (excludes halogenated alkanes) is 23. The summed E-state index contributed by atoms with van der Waals surface area (Å²) in [7, 11) is 0. The van der Waals surface area contributed by atoms with Crippen molar-refractivity contribution in [2.24, 2.45) is 0 Å². The molecule has 0 amide bonds. The fraction of sp³-hybridized carbons (Fsp3) is 0.648. The summed E-state index contributed by atoms with van der Waals surface area (Å²) < 4.78 is 16.9. The van der Waals surface area contributed by atoms with Gasteiger partial charge in [0, 0.05) is 19.3 Å². The van der Waals surface area contributed by atoms with Crippen LogP contribution in [0.15, 0.2) is 134 Å². The van der Waals surface area contributed by atoms with Gasteiger partial charge in [0.25, 0.3) is 0 Å². The van der Waals surface area contributed by atoms with E-state index in [0.717, 1.165) is 148 Å². The zero-order chi connectivity index (χ0) is 55.7. The molecule has 6 nitrogen and oxygen atoms in total. The number of carbonyl (C=O) groups excluding carboxylic acids is 3. The van der Waals surface area contributed by atoms with Gasteiger partial charge in [-0.1, -0.05) is 276 Å². The zero-order valence-corrected chi connectivity index (χ0v) is 49.9. The number of rotatable bonds is 56. The average Bonchev–Trinajstić information content (AvgIpc) is 3.43. The number of hydrogen-bond acceptors (Lipinski definition) is 6. The van der Waals surface area contributed by atoms with Gasteiger partial charge in [-0.3, -0.25) is 14.4 Å². The summed E-state index contributed by atoms with van der Waals surface area (Å²) >= 11 is 0. The van der Waals surface area contributed by atoms with E-state index in [1.54, 1.807) is 0 Å². The first-order chi connectivity index (χ1) is 38.0. The first-order valence-electron chi connectivity index (χ1n) is 31.7. The van der Waals surface area contributed by atoms with Crippen molar-refractivity contribution >= 4 is 17.9 Å².